The fourth-order valence-corrected chi connectivity index (χ4v) is 4.43. The lowest BCUT2D eigenvalue weighted by atomic mass is 9.93. The summed E-state index contributed by atoms with van der Waals surface area (Å²) in [5.41, 5.74) is 1.09. The molecule has 0 saturated heterocycles. The van der Waals surface area contributed by atoms with Crippen molar-refractivity contribution in [3.05, 3.63) is 53.6 Å². The average molecular weight is 528 g/mol. The number of rotatable bonds is 9. The molecule has 0 aliphatic carbocycles. The summed E-state index contributed by atoms with van der Waals surface area (Å²) in [6.07, 6.45) is 0.230. The van der Waals surface area contributed by atoms with Crippen molar-refractivity contribution in [1.82, 2.24) is 5.32 Å². The number of phenols is 1. The Bertz CT molecular complexity index is 1170. The predicted octanol–water partition coefficient (Wildman–Crippen LogP) is 3.87. The Morgan fingerprint density at radius 1 is 1.17 bits per heavy atom. The standard InChI is InChI=1S/C24H33N3O6S.ClH/c1-23(2,12-13-27-19-9-7-6-8-17(19)24(3,4)33-22(27)30)25-15-21(29)16-10-11-20(28)18(14-16)26-34(5,31)32;/h6-11,14,21,25-26,28-29H,12-13,15H2,1-5H3;1H. The van der Waals surface area contributed by atoms with Crippen LogP contribution < -0.4 is 14.9 Å². The number of nitrogens with zero attached hydrogens (tertiary/aromatic N) is 1. The highest BCUT2D eigenvalue weighted by Gasteiger charge is 2.38. The molecule has 1 heterocycles. The van der Waals surface area contributed by atoms with Crippen molar-refractivity contribution in [2.75, 3.05) is 29.0 Å². The number of hydrogen-bond acceptors (Lipinski definition) is 7. The summed E-state index contributed by atoms with van der Waals surface area (Å²) < 4.78 is 30.9. The zero-order valence-electron chi connectivity index (χ0n) is 20.5. The van der Waals surface area contributed by atoms with E-state index in [0.717, 1.165) is 17.5 Å². The summed E-state index contributed by atoms with van der Waals surface area (Å²) in [5.74, 6) is -0.230. The summed E-state index contributed by atoms with van der Waals surface area (Å²) >= 11 is 0. The number of cyclic esters (lactones) is 1. The largest absolute Gasteiger partial charge is 0.506 e. The summed E-state index contributed by atoms with van der Waals surface area (Å²) in [5, 5.41) is 23.8. The van der Waals surface area contributed by atoms with Gasteiger partial charge in [0, 0.05) is 24.2 Å². The van der Waals surface area contributed by atoms with Crippen molar-refractivity contribution in [2.45, 2.75) is 51.4 Å². The monoisotopic (exact) mass is 527 g/mol. The van der Waals surface area contributed by atoms with Crippen LogP contribution >= 0.6 is 12.4 Å². The first-order valence-corrected chi connectivity index (χ1v) is 12.9. The number of aliphatic hydroxyl groups excluding tert-OH is 1. The number of amides is 1. The Labute approximate surface area is 212 Å². The molecule has 35 heavy (non-hydrogen) atoms. The quantitative estimate of drug-likeness (QED) is 0.364. The summed E-state index contributed by atoms with van der Waals surface area (Å²) in [6, 6.07) is 11.9. The molecule has 1 aliphatic rings. The molecule has 0 spiro atoms. The van der Waals surface area contributed by atoms with Crippen LogP contribution in [0, 0.1) is 0 Å². The van der Waals surface area contributed by atoms with Crippen molar-refractivity contribution >= 4 is 39.9 Å². The number of aliphatic hydroxyl groups is 1. The first kappa shape index (κ1) is 28.7. The Kier molecular flexibility index (Phi) is 8.70. The third-order valence-corrected chi connectivity index (χ3v) is 6.43. The normalized spacial score (nSPS) is 16.1. The second-order valence-electron chi connectivity index (χ2n) is 9.73. The molecule has 0 radical (unpaired) electrons. The number of carbonyl (C=O) groups is 1. The van der Waals surface area contributed by atoms with Gasteiger partial charge in [-0.3, -0.25) is 9.62 Å². The van der Waals surface area contributed by atoms with Crippen molar-refractivity contribution in [3.8, 4) is 5.75 Å². The lowest BCUT2D eigenvalue weighted by molar-refractivity contribution is 0.0347. The van der Waals surface area contributed by atoms with Crippen LogP contribution in [-0.2, 0) is 20.4 Å². The number of β-amino-alcohol motifs (C(OH)–C–C–N with tert-alkyl or cyclic N) is 1. The van der Waals surface area contributed by atoms with E-state index in [-0.39, 0.29) is 30.4 Å². The number of carbonyl (C=O) groups excluding carboxylic acids is 1. The molecular weight excluding hydrogens is 494 g/mol. The topological polar surface area (TPSA) is 128 Å². The van der Waals surface area contributed by atoms with Crippen molar-refractivity contribution in [2.24, 2.45) is 0 Å². The second-order valence-corrected chi connectivity index (χ2v) is 11.5. The molecule has 3 rings (SSSR count). The number of ether oxygens (including phenoxy) is 1. The highest BCUT2D eigenvalue weighted by molar-refractivity contribution is 7.92. The van der Waals surface area contributed by atoms with E-state index in [1.807, 2.05) is 52.0 Å². The summed E-state index contributed by atoms with van der Waals surface area (Å²) in [6.45, 7) is 8.28. The molecule has 0 bridgehead atoms. The Morgan fingerprint density at radius 3 is 2.49 bits per heavy atom. The highest BCUT2D eigenvalue weighted by Crippen LogP contribution is 2.38. The lowest BCUT2D eigenvalue weighted by Gasteiger charge is -2.39. The van der Waals surface area contributed by atoms with Crippen molar-refractivity contribution in [3.63, 3.8) is 0 Å². The smallest absolute Gasteiger partial charge is 0.415 e. The van der Waals surface area contributed by atoms with Crippen LogP contribution in [0.25, 0.3) is 0 Å². The maximum Gasteiger partial charge on any atom is 0.415 e. The van der Waals surface area contributed by atoms with Crippen LogP contribution in [0.4, 0.5) is 16.2 Å². The first-order chi connectivity index (χ1) is 15.7. The van der Waals surface area contributed by atoms with Crippen LogP contribution in [0.15, 0.2) is 42.5 Å². The van der Waals surface area contributed by atoms with E-state index in [0.29, 0.717) is 18.5 Å². The molecule has 2 aromatic carbocycles. The van der Waals surface area contributed by atoms with E-state index < -0.39 is 33.4 Å². The van der Waals surface area contributed by atoms with Gasteiger partial charge in [0.15, 0.2) is 0 Å². The molecule has 0 saturated carbocycles. The van der Waals surface area contributed by atoms with Gasteiger partial charge in [0.25, 0.3) is 0 Å². The molecule has 1 amide bonds. The first-order valence-electron chi connectivity index (χ1n) is 11.0. The third kappa shape index (κ3) is 7.23. The zero-order valence-corrected chi connectivity index (χ0v) is 22.2. The number of sulfonamides is 1. The molecule has 194 valence electrons. The van der Waals surface area contributed by atoms with Crippen LogP contribution in [-0.4, -0.2) is 49.6 Å². The summed E-state index contributed by atoms with van der Waals surface area (Å²) in [4.78, 5) is 14.3. The van der Waals surface area contributed by atoms with Crippen LogP contribution in [0.5, 0.6) is 5.75 Å². The van der Waals surface area contributed by atoms with E-state index in [9.17, 15) is 23.4 Å². The molecule has 11 heteroatoms. The second kappa shape index (κ2) is 10.6. The Balaban J connectivity index is 0.00000432. The minimum Gasteiger partial charge on any atom is -0.506 e. The number of anilines is 2. The van der Waals surface area contributed by atoms with Gasteiger partial charge in [-0.1, -0.05) is 24.3 Å². The van der Waals surface area contributed by atoms with Gasteiger partial charge in [-0.25, -0.2) is 13.2 Å². The maximum atomic E-state index is 12.7. The summed E-state index contributed by atoms with van der Waals surface area (Å²) in [7, 11) is -3.58. The molecular formula is C24H34ClN3O6S. The fraction of sp³-hybridized carbons (Fsp3) is 0.458. The number of fused-ring (bicyclic) bond motifs is 1. The van der Waals surface area contributed by atoms with Gasteiger partial charge in [0.05, 0.1) is 23.7 Å². The van der Waals surface area contributed by atoms with Crippen LogP contribution in [0.1, 0.15) is 51.3 Å². The fourth-order valence-electron chi connectivity index (χ4n) is 3.87. The van der Waals surface area contributed by atoms with Gasteiger partial charge in [0.2, 0.25) is 10.0 Å². The van der Waals surface area contributed by atoms with Gasteiger partial charge in [-0.2, -0.15) is 0 Å². The minimum absolute atomic E-state index is 0. The Morgan fingerprint density at radius 2 is 1.83 bits per heavy atom. The molecule has 0 aromatic heterocycles. The van der Waals surface area contributed by atoms with E-state index in [2.05, 4.69) is 10.0 Å². The minimum atomic E-state index is -3.58. The molecule has 4 N–H and O–H groups in total. The van der Waals surface area contributed by atoms with Crippen LogP contribution in [0.3, 0.4) is 0 Å². The molecule has 1 atom stereocenters. The third-order valence-electron chi connectivity index (χ3n) is 5.84. The molecule has 9 nitrogen and oxygen atoms in total. The van der Waals surface area contributed by atoms with E-state index in [1.54, 1.807) is 4.90 Å². The highest BCUT2D eigenvalue weighted by atomic mass is 35.5. The molecule has 1 aliphatic heterocycles. The van der Waals surface area contributed by atoms with E-state index >= 15 is 0 Å². The number of phenolic OH excluding ortho intramolecular Hbond substituents is 1. The number of para-hydroxylation sites is 1. The number of hydrogen-bond donors (Lipinski definition) is 4. The number of aromatic hydroxyl groups is 1. The zero-order chi connectivity index (χ0) is 25.3. The maximum absolute atomic E-state index is 12.7. The lowest BCUT2D eigenvalue weighted by Crippen LogP contribution is -2.48. The van der Waals surface area contributed by atoms with Gasteiger partial charge in [-0.05, 0) is 57.9 Å². The number of halogens is 1. The van der Waals surface area contributed by atoms with Gasteiger partial charge in [0.1, 0.15) is 11.4 Å². The van der Waals surface area contributed by atoms with Gasteiger partial charge in [-0.15, -0.1) is 12.4 Å². The number of benzene rings is 2. The van der Waals surface area contributed by atoms with E-state index in [1.165, 1.54) is 18.2 Å². The van der Waals surface area contributed by atoms with Crippen LogP contribution in [0.2, 0.25) is 0 Å². The van der Waals surface area contributed by atoms with Crippen molar-refractivity contribution in [1.29, 1.82) is 0 Å². The Hall–Kier alpha value is -2.53. The SMILES string of the molecule is CC(C)(CCN1C(=O)OC(C)(C)c2ccccc21)NCC(O)c1ccc(O)c(NS(C)(=O)=O)c1.Cl. The van der Waals surface area contributed by atoms with Crippen molar-refractivity contribution < 1.29 is 28.2 Å². The number of nitrogens with one attached hydrogen (secondary N) is 2. The van der Waals surface area contributed by atoms with E-state index in [4.69, 9.17) is 4.74 Å². The predicted molar refractivity (Wildman–Crippen MR) is 139 cm³/mol. The molecule has 0 fully saturated rings. The van der Waals surface area contributed by atoms with Gasteiger partial charge < -0.3 is 20.3 Å². The van der Waals surface area contributed by atoms with Gasteiger partial charge >= 0.3 is 6.09 Å². The average Bonchev–Trinajstić information content (AvgIpc) is 2.72. The molecule has 2 aromatic rings. The molecule has 1 unspecified atom stereocenters.